The number of carboxylic acids is 1. The number of hydrogen-bond acceptors (Lipinski definition) is 4. The van der Waals surface area contributed by atoms with Gasteiger partial charge in [0.15, 0.2) is 0 Å². The second-order valence-electron chi connectivity index (χ2n) is 5.99. The van der Waals surface area contributed by atoms with Crippen molar-refractivity contribution in [3.63, 3.8) is 0 Å². The summed E-state index contributed by atoms with van der Waals surface area (Å²) in [6.45, 7) is 0. The van der Waals surface area contributed by atoms with Crippen molar-refractivity contribution in [3.05, 3.63) is 67.7 Å². The van der Waals surface area contributed by atoms with Crippen LogP contribution in [-0.2, 0) is 24.1 Å². The first kappa shape index (κ1) is 17.4. The van der Waals surface area contributed by atoms with Gasteiger partial charge in [0.2, 0.25) is 5.75 Å². The van der Waals surface area contributed by atoms with E-state index in [-0.39, 0.29) is 30.4 Å². The lowest BCUT2D eigenvalue weighted by molar-refractivity contribution is -0.386. The van der Waals surface area contributed by atoms with Gasteiger partial charge in [-0.2, -0.15) is 0 Å². The van der Waals surface area contributed by atoms with E-state index < -0.39 is 10.9 Å². The third-order valence-corrected chi connectivity index (χ3v) is 4.80. The van der Waals surface area contributed by atoms with E-state index in [1.165, 1.54) is 17.2 Å². The highest BCUT2D eigenvalue weighted by molar-refractivity contribution is 9.10. The summed E-state index contributed by atoms with van der Waals surface area (Å²) in [6.07, 6.45) is 1.41. The molecule has 0 aliphatic heterocycles. The second kappa shape index (κ2) is 7.23. The van der Waals surface area contributed by atoms with Crippen LogP contribution in [-0.4, -0.2) is 22.1 Å². The number of halogens is 1. The molecule has 2 aromatic carbocycles. The zero-order chi connectivity index (χ0) is 18.0. The SMILES string of the molecule is O=C(O)CCc1cc(Br)c(OC2Cc3ccccc3C2)c([N+](=O)[O-])c1. The number of aliphatic carboxylic acids is 1. The van der Waals surface area contributed by atoms with Crippen molar-refractivity contribution >= 4 is 27.6 Å². The lowest BCUT2D eigenvalue weighted by atomic mass is 10.1. The van der Waals surface area contributed by atoms with Crippen molar-refractivity contribution in [1.82, 2.24) is 0 Å². The summed E-state index contributed by atoms with van der Waals surface area (Å²) in [7, 11) is 0. The van der Waals surface area contributed by atoms with Crippen LogP contribution in [0.1, 0.15) is 23.1 Å². The lowest BCUT2D eigenvalue weighted by Gasteiger charge is -2.15. The molecular formula is C18H16BrNO5. The van der Waals surface area contributed by atoms with Crippen LogP contribution in [0.2, 0.25) is 0 Å². The number of benzene rings is 2. The predicted molar refractivity (Wildman–Crippen MR) is 95.0 cm³/mol. The Bertz CT molecular complexity index is 811. The first-order valence-corrected chi connectivity index (χ1v) is 8.65. The number of carbonyl (C=O) groups is 1. The number of nitro groups is 1. The van der Waals surface area contributed by atoms with Gasteiger partial charge in [-0.1, -0.05) is 24.3 Å². The minimum absolute atomic E-state index is 0.0816. The van der Waals surface area contributed by atoms with E-state index in [0.717, 1.165) is 0 Å². The molecule has 0 atom stereocenters. The molecule has 1 aliphatic carbocycles. The number of carboxylic acid groups (broad SMARTS) is 1. The summed E-state index contributed by atoms with van der Waals surface area (Å²) in [6, 6.07) is 11.1. The molecular weight excluding hydrogens is 390 g/mol. The maximum Gasteiger partial charge on any atom is 0.312 e. The van der Waals surface area contributed by atoms with Crippen molar-refractivity contribution in [2.45, 2.75) is 31.8 Å². The van der Waals surface area contributed by atoms with Gasteiger partial charge in [-0.3, -0.25) is 14.9 Å². The number of aryl methyl sites for hydroxylation is 1. The smallest absolute Gasteiger partial charge is 0.312 e. The molecule has 25 heavy (non-hydrogen) atoms. The van der Waals surface area contributed by atoms with E-state index in [0.29, 0.717) is 22.9 Å². The normalized spacial score (nSPS) is 13.5. The molecule has 2 aromatic rings. The molecule has 6 nitrogen and oxygen atoms in total. The zero-order valence-electron chi connectivity index (χ0n) is 13.3. The van der Waals surface area contributed by atoms with Crippen LogP contribution in [0.15, 0.2) is 40.9 Å². The van der Waals surface area contributed by atoms with Crippen LogP contribution in [0.3, 0.4) is 0 Å². The van der Waals surface area contributed by atoms with Gasteiger partial charge in [0.25, 0.3) is 0 Å². The Hall–Kier alpha value is -2.41. The number of rotatable bonds is 6. The number of hydrogen-bond donors (Lipinski definition) is 1. The molecule has 0 bridgehead atoms. The molecule has 0 amide bonds. The van der Waals surface area contributed by atoms with Gasteiger partial charge in [0.1, 0.15) is 6.10 Å². The van der Waals surface area contributed by atoms with Crippen LogP contribution in [0.5, 0.6) is 5.75 Å². The van der Waals surface area contributed by atoms with Crippen LogP contribution in [0.25, 0.3) is 0 Å². The Morgan fingerprint density at radius 1 is 1.28 bits per heavy atom. The predicted octanol–water partition coefficient (Wildman–Crippen LogP) is 3.92. The van der Waals surface area contributed by atoms with Crippen LogP contribution >= 0.6 is 15.9 Å². The van der Waals surface area contributed by atoms with E-state index >= 15 is 0 Å². The summed E-state index contributed by atoms with van der Waals surface area (Å²) < 4.78 is 6.43. The highest BCUT2D eigenvalue weighted by Crippen LogP contribution is 2.39. The molecule has 130 valence electrons. The van der Waals surface area contributed by atoms with Crippen LogP contribution in [0, 0.1) is 10.1 Å². The largest absolute Gasteiger partial charge is 0.482 e. The molecule has 0 radical (unpaired) electrons. The molecule has 0 heterocycles. The quantitative estimate of drug-likeness (QED) is 0.580. The van der Waals surface area contributed by atoms with Gasteiger partial charge >= 0.3 is 11.7 Å². The highest BCUT2D eigenvalue weighted by atomic mass is 79.9. The number of fused-ring (bicyclic) bond motifs is 1. The zero-order valence-corrected chi connectivity index (χ0v) is 14.9. The summed E-state index contributed by atoms with van der Waals surface area (Å²) in [5.74, 6) is -0.746. The second-order valence-corrected chi connectivity index (χ2v) is 6.85. The summed E-state index contributed by atoms with van der Waals surface area (Å²) in [5.41, 5.74) is 2.84. The number of nitro benzene ring substituents is 1. The Kier molecular flexibility index (Phi) is 5.03. The standard InChI is InChI=1S/C18H16BrNO5/c19-15-7-11(5-6-17(21)22)8-16(20(23)24)18(15)25-14-9-12-3-1-2-4-13(12)10-14/h1-4,7-8,14H,5-6,9-10H2,(H,21,22). The van der Waals surface area contributed by atoms with E-state index in [9.17, 15) is 14.9 Å². The van der Waals surface area contributed by atoms with Gasteiger partial charge in [0, 0.05) is 25.3 Å². The van der Waals surface area contributed by atoms with E-state index in [1.807, 2.05) is 24.3 Å². The highest BCUT2D eigenvalue weighted by Gasteiger charge is 2.27. The first-order chi connectivity index (χ1) is 11.9. The monoisotopic (exact) mass is 405 g/mol. The Morgan fingerprint density at radius 3 is 2.48 bits per heavy atom. The van der Waals surface area contributed by atoms with Crippen LogP contribution < -0.4 is 4.74 Å². The average molecular weight is 406 g/mol. The molecule has 0 fully saturated rings. The fourth-order valence-corrected chi connectivity index (χ4v) is 3.64. The lowest BCUT2D eigenvalue weighted by Crippen LogP contribution is -2.17. The van der Waals surface area contributed by atoms with Gasteiger partial charge in [-0.25, -0.2) is 0 Å². The van der Waals surface area contributed by atoms with Crippen molar-refractivity contribution in [2.24, 2.45) is 0 Å². The molecule has 0 spiro atoms. The molecule has 1 N–H and O–H groups in total. The molecule has 0 saturated heterocycles. The van der Waals surface area contributed by atoms with E-state index in [1.54, 1.807) is 6.07 Å². The van der Waals surface area contributed by atoms with Gasteiger partial charge in [-0.15, -0.1) is 0 Å². The summed E-state index contributed by atoms with van der Waals surface area (Å²) >= 11 is 3.34. The molecule has 0 aromatic heterocycles. The number of nitrogens with zero attached hydrogens (tertiary/aromatic N) is 1. The van der Waals surface area contributed by atoms with E-state index in [2.05, 4.69) is 15.9 Å². The molecule has 7 heteroatoms. The first-order valence-electron chi connectivity index (χ1n) is 7.86. The Morgan fingerprint density at radius 2 is 1.92 bits per heavy atom. The van der Waals surface area contributed by atoms with Gasteiger partial charge in [0.05, 0.1) is 9.40 Å². The molecule has 1 aliphatic rings. The fraction of sp³-hybridized carbons (Fsp3) is 0.278. The van der Waals surface area contributed by atoms with Gasteiger partial charge < -0.3 is 9.84 Å². The van der Waals surface area contributed by atoms with Crippen molar-refractivity contribution in [3.8, 4) is 5.75 Å². The third-order valence-electron chi connectivity index (χ3n) is 4.21. The maximum atomic E-state index is 11.4. The molecule has 0 saturated carbocycles. The topological polar surface area (TPSA) is 89.7 Å². The molecule has 0 unspecified atom stereocenters. The Balaban J connectivity index is 1.83. The maximum absolute atomic E-state index is 11.4. The third kappa shape index (κ3) is 3.99. The van der Waals surface area contributed by atoms with Crippen LogP contribution in [0.4, 0.5) is 5.69 Å². The minimum atomic E-state index is -0.942. The minimum Gasteiger partial charge on any atom is -0.482 e. The average Bonchev–Trinajstić information content (AvgIpc) is 2.97. The fourth-order valence-electron chi connectivity index (χ4n) is 3.05. The summed E-state index contributed by atoms with van der Waals surface area (Å²) in [5, 5.41) is 20.2. The van der Waals surface area contributed by atoms with Gasteiger partial charge in [-0.05, 0) is 45.1 Å². The van der Waals surface area contributed by atoms with Crippen molar-refractivity contribution in [2.75, 3.05) is 0 Å². The Labute approximate surface area is 152 Å². The summed E-state index contributed by atoms with van der Waals surface area (Å²) in [4.78, 5) is 21.7. The molecule has 3 rings (SSSR count). The number of ether oxygens (including phenoxy) is 1. The van der Waals surface area contributed by atoms with Crippen molar-refractivity contribution < 1.29 is 19.6 Å². The van der Waals surface area contributed by atoms with Crippen molar-refractivity contribution in [1.29, 1.82) is 0 Å². The van der Waals surface area contributed by atoms with E-state index in [4.69, 9.17) is 9.84 Å².